The van der Waals surface area contributed by atoms with E-state index in [1.807, 2.05) is 0 Å². The predicted molar refractivity (Wildman–Crippen MR) is 62.2 cm³/mol. The molecule has 0 bridgehead atoms. The minimum absolute atomic E-state index is 0.333. The van der Waals surface area contributed by atoms with Gasteiger partial charge in [0.05, 0.1) is 6.61 Å². The van der Waals surface area contributed by atoms with E-state index in [1.54, 1.807) is 6.92 Å². The molecule has 0 spiro atoms. The van der Waals surface area contributed by atoms with Crippen molar-refractivity contribution in [2.75, 3.05) is 26.2 Å². The summed E-state index contributed by atoms with van der Waals surface area (Å²) in [6, 6.07) is 0. The summed E-state index contributed by atoms with van der Waals surface area (Å²) in [6.45, 7) is 7.03. The molecule has 0 aromatic carbocycles. The quantitative estimate of drug-likeness (QED) is 0.735. The Labute approximate surface area is 97.6 Å². The SMILES string of the molecule is CCCN1CCCC(O)(C(=O)OCC)CC1. The highest BCUT2D eigenvalue weighted by Gasteiger charge is 2.38. The number of carbonyl (C=O) groups excluding carboxylic acids is 1. The van der Waals surface area contributed by atoms with E-state index < -0.39 is 11.6 Å². The molecule has 1 atom stereocenters. The molecule has 0 aromatic heterocycles. The van der Waals surface area contributed by atoms with Crippen LogP contribution in [0.4, 0.5) is 0 Å². The molecule has 0 amide bonds. The summed E-state index contributed by atoms with van der Waals surface area (Å²) in [5, 5.41) is 10.2. The minimum Gasteiger partial charge on any atom is -0.464 e. The largest absolute Gasteiger partial charge is 0.464 e. The van der Waals surface area contributed by atoms with Crippen molar-refractivity contribution in [1.82, 2.24) is 4.90 Å². The van der Waals surface area contributed by atoms with Gasteiger partial charge in [0.1, 0.15) is 0 Å². The van der Waals surface area contributed by atoms with E-state index in [0.29, 0.717) is 19.4 Å². The molecule has 1 N–H and O–H groups in total. The average molecular weight is 229 g/mol. The smallest absolute Gasteiger partial charge is 0.338 e. The van der Waals surface area contributed by atoms with Crippen LogP contribution in [0.25, 0.3) is 0 Å². The van der Waals surface area contributed by atoms with Crippen LogP contribution >= 0.6 is 0 Å². The molecule has 16 heavy (non-hydrogen) atoms. The van der Waals surface area contributed by atoms with E-state index in [9.17, 15) is 9.90 Å². The van der Waals surface area contributed by atoms with Crippen molar-refractivity contribution in [2.24, 2.45) is 0 Å². The van der Waals surface area contributed by atoms with E-state index in [2.05, 4.69) is 11.8 Å². The van der Waals surface area contributed by atoms with Gasteiger partial charge < -0.3 is 14.7 Å². The van der Waals surface area contributed by atoms with Crippen LogP contribution in [0.5, 0.6) is 0 Å². The van der Waals surface area contributed by atoms with Crippen LogP contribution in [0.15, 0.2) is 0 Å². The van der Waals surface area contributed by atoms with Crippen LogP contribution < -0.4 is 0 Å². The molecule has 1 unspecified atom stereocenters. The van der Waals surface area contributed by atoms with Crippen molar-refractivity contribution in [2.45, 2.75) is 45.1 Å². The maximum atomic E-state index is 11.6. The van der Waals surface area contributed by atoms with Crippen LogP contribution in [0.1, 0.15) is 39.5 Å². The normalized spacial score (nSPS) is 27.4. The lowest BCUT2D eigenvalue weighted by Crippen LogP contribution is -2.41. The number of carbonyl (C=O) groups is 1. The summed E-state index contributed by atoms with van der Waals surface area (Å²) in [7, 11) is 0. The molecule has 1 aliphatic rings. The number of rotatable bonds is 4. The third-order valence-electron chi connectivity index (χ3n) is 3.10. The van der Waals surface area contributed by atoms with Crippen molar-refractivity contribution in [1.29, 1.82) is 0 Å². The fourth-order valence-electron chi connectivity index (χ4n) is 2.18. The predicted octanol–water partition coefficient (Wildman–Crippen LogP) is 1.18. The van der Waals surface area contributed by atoms with Gasteiger partial charge in [0.15, 0.2) is 5.60 Å². The summed E-state index contributed by atoms with van der Waals surface area (Å²) in [5.41, 5.74) is -1.25. The molecule has 1 heterocycles. The monoisotopic (exact) mass is 229 g/mol. The fourth-order valence-corrected chi connectivity index (χ4v) is 2.18. The van der Waals surface area contributed by atoms with Gasteiger partial charge in [0, 0.05) is 6.54 Å². The maximum absolute atomic E-state index is 11.6. The Hall–Kier alpha value is -0.610. The first-order chi connectivity index (χ1) is 7.62. The molecule has 4 nitrogen and oxygen atoms in total. The van der Waals surface area contributed by atoms with Crippen molar-refractivity contribution in [3.8, 4) is 0 Å². The molecular formula is C12H23NO3. The zero-order valence-corrected chi connectivity index (χ0v) is 10.4. The molecule has 1 fully saturated rings. The van der Waals surface area contributed by atoms with E-state index in [1.165, 1.54) is 0 Å². The second kappa shape index (κ2) is 6.21. The molecule has 1 saturated heterocycles. The van der Waals surface area contributed by atoms with Gasteiger partial charge >= 0.3 is 5.97 Å². The number of esters is 1. The highest BCUT2D eigenvalue weighted by atomic mass is 16.5. The average Bonchev–Trinajstić information content (AvgIpc) is 2.43. The standard InChI is InChI=1S/C12H23NO3/c1-3-8-13-9-5-6-12(15,7-10-13)11(14)16-4-2/h15H,3-10H2,1-2H3. The van der Waals surface area contributed by atoms with Gasteiger partial charge in [-0.15, -0.1) is 0 Å². The van der Waals surface area contributed by atoms with Crippen molar-refractivity contribution >= 4 is 5.97 Å². The van der Waals surface area contributed by atoms with Gasteiger partial charge in [-0.2, -0.15) is 0 Å². The molecule has 0 saturated carbocycles. The van der Waals surface area contributed by atoms with Crippen LogP contribution in [-0.4, -0.2) is 47.8 Å². The summed E-state index contributed by atoms with van der Waals surface area (Å²) < 4.78 is 4.93. The molecule has 0 aromatic rings. The topological polar surface area (TPSA) is 49.8 Å². The number of nitrogens with zero attached hydrogens (tertiary/aromatic N) is 1. The van der Waals surface area contributed by atoms with Gasteiger partial charge in [0.25, 0.3) is 0 Å². The van der Waals surface area contributed by atoms with E-state index in [4.69, 9.17) is 4.74 Å². The number of likely N-dealkylation sites (tertiary alicyclic amines) is 1. The van der Waals surface area contributed by atoms with Crippen LogP contribution in [0.2, 0.25) is 0 Å². The summed E-state index contributed by atoms with van der Waals surface area (Å²) in [5.74, 6) is -0.451. The fraction of sp³-hybridized carbons (Fsp3) is 0.917. The van der Waals surface area contributed by atoms with Crippen LogP contribution in [-0.2, 0) is 9.53 Å². The first kappa shape index (κ1) is 13.5. The summed E-state index contributed by atoms with van der Waals surface area (Å²) in [4.78, 5) is 13.9. The number of aliphatic hydroxyl groups is 1. The van der Waals surface area contributed by atoms with Gasteiger partial charge in [-0.05, 0) is 45.7 Å². The number of hydrogen-bond acceptors (Lipinski definition) is 4. The molecule has 0 aliphatic carbocycles. The Morgan fingerprint density at radius 2 is 2.12 bits per heavy atom. The zero-order chi connectivity index (χ0) is 12.0. The van der Waals surface area contributed by atoms with E-state index >= 15 is 0 Å². The summed E-state index contributed by atoms with van der Waals surface area (Å²) >= 11 is 0. The Morgan fingerprint density at radius 1 is 1.38 bits per heavy atom. The number of hydrogen-bond donors (Lipinski definition) is 1. The lowest BCUT2D eigenvalue weighted by atomic mass is 9.95. The molecule has 1 rings (SSSR count). The highest BCUT2D eigenvalue weighted by molar-refractivity contribution is 5.79. The first-order valence-corrected chi connectivity index (χ1v) is 6.24. The Kier molecular flexibility index (Phi) is 5.22. The second-order valence-electron chi connectivity index (χ2n) is 4.45. The number of ether oxygens (including phenoxy) is 1. The molecule has 0 radical (unpaired) electrons. The molecule has 1 aliphatic heterocycles. The first-order valence-electron chi connectivity index (χ1n) is 6.24. The third-order valence-corrected chi connectivity index (χ3v) is 3.10. The highest BCUT2D eigenvalue weighted by Crippen LogP contribution is 2.23. The van der Waals surface area contributed by atoms with Gasteiger partial charge in [-0.1, -0.05) is 6.92 Å². The summed E-state index contributed by atoms with van der Waals surface area (Å²) in [6.07, 6.45) is 2.98. The van der Waals surface area contributed by atoms with Gasteiger partial charge in [0.2, 0.25) is 0 Å². The molecular weight excluding hydrogens is 206 g/mol. The Bertz CT molecular complexity index is 232. The maximum Gasteiger partial charge on any atom is 0.338 e. The van der Waals surface area contributed by atoms with Crippen molar-refractivity contribution in [3.05, 3.63) is 0 Å². The van der Waals surface area contributed by atoms with Gasteiger partial charge in [-0.3, -0.25) is 0 Å². The lowest BCUT2D eigenvalue weighted by Gasteiger charge is -2.24. The zero-order valence-electron chi connectivity index (χ0n) is 10.4. The third kappa shape index (κ3) is 3.46. The van der Waals surface area contributed by atoms with Gasteiger partial charge in [-0.25, -0.2) is 4.79 Å². The Balaban J connectivity index is 2.53. The van der Waals surface area contributed by atoms with Crippen LogP contribution in [0, 0.1) is 0 Å². The van der Waals surface area contributed by atoms with Crippen molar-refractivity contribution < 1.29 is 14.6 Å². The van der Waals surface area contributed by atoms with Crippen LogP contribution in [0.3, 0.4) is 0 Å². The van der Waals surface area contributed by atoms with Crippen molar-refractivity contribution in [3.63, 3.8) is 0 Å². The lowest BCUT2D eigenvalue weighted by molar-refractivity contribution is -0.166. The molecule has 94 valence electrons. The Morgan fingerprint density at radius 3 is 2.75 bits per heavy atom. The van der Waals surface area contributed by atoms with E-state index in [-0.39, 0.29) is 0 Å². The van der Waals surface area contributed by atoms with E-state index in [0.717, 1.165) is 32.5 Å². The second-order valence-corrected chi connectivity index (χ2v) is 4.45. The minimum atomic E-state index is -1.25. The molecule has 4 heteroatoms.